The van der Waals surface area contributed by atoms with E-state index in [1.165, 1.54) is 29.4 Å². The van der Waals surface area contributed by atoms with Crippen LogP contribution in [0.15, 0.2) is 35.0 Å². The highest BCUT2D eigenvalue weighted by Crippen LogP contribution is 2.29. The lowest BCUT2D eigenvalue weighted by molar-refractivity contribution is -0.0429. The number of nitrogens with zero attached hydrogens (tertiary/aromatic N) is 1. The minimum absolute atomic E-state index is 0.0990. The molecule has 164 valence electrons. The zero-order chi connectivity index (χ0) is 22.2. The lowest BCUT2D eigenvalue weighted by atomic mass is 10.0. The van der Waals surface area contributed by atoms with Crippen molar-refractivity contribution in [2.24, 2.45) is 11.1 Å². The summed E-state index contributed by atoms with van der Waals surface area (Å²) < 4.78 is 62.3. The summed E-state index contributed by atoms with van der Waals surface area (Å²) >= 11 is 5.90. The zero-order valence-electron chi connectivity index (χ0n) is 16.8. The second kappa shape index (κ2) is 10.9. The third kappa shape index (κ3) is 8.65. The van der Waals surface area contributed by atoms with Crippen molar-refractivity contribution in [3.05, 3.63) is 40.4 Å². The van der Waals surface area contributed by atoms with E-state index in [2.05, 4.69) is 18.2 Å². The number of hydrogen-bond donors (Lipinski definition) is 1. The van der Waals surface area contributed by atoms with E-state index in [1.54, 1.807) is 0 Å². The van der Waals surface area contributed by atoms with E-state index in [1.807, 2.05) is 13.8 Å². The summed E-state index contributed by atoms with van der Waals surface area (Å²) in [6.07, 6.45) is 4.92. The normalized spacial score (nSPS) is 13.7. The van der Waals surface area contributed by atoms with Gasteiger partial charge in [-0.2, -0.15) is 21.6 Å². The van der Waals surface area contributed by atoms with Gasteiger partial charge in [-0.25, -0.2) is 0 Å². The molecule has 0 aliphatic heterocycles. The summed E-state index contributed by atoms with van der Waals surface area (Å²) in [5.41, 5.74) is -4.15. The third-order valence-electron chi connectivity index (χ3n) is 4.04. The number of benzene rings is 1. The molecule has 0 heterocycles. The van der Waals surface area contributed by atoms with Gasteiger partial charge in [0.15, 0.2) is 0 Å². The Morgan fingerprint density at radius 2 is 1.93 bits per heavy atom. The molecule has 0 spiro atoms. The number of anilines is 1. The Morgan fingerprint density at radius 3 is 2.52 bits per heavy atom. The van der Waals surface area contributed by atoms with Crippen molar-refractivity contribution < 1.29 is 26.4 Å². The van der Waals surface area contributed by atoms with Crippen molar-refractivity contribution in [2.75, 3.05) is 11.3 Å². The largest absolute Gasteiger partial charge is 0.516 e. The first-order chi connectivity index (χ1) is 13.3. The fraction of sp³-hybridized carbons (Fsp3) is 0.526. The minimum atomic E-state index is -5.56. The molecule has 1 aromatic rings. The molecule has 1 N–H and O–H groups in total. The maximum absolute atomic E-state index is 12.7. The Kier molecular flexibility index (Phi) is 9.48. The lowest BCUT2D eigenvalue weighted by Crippen LogP contribution is -2.30. The predicted molar refractivity (Wildman–Crippen MR) is 111 cm³/mol. The molecule has 0 fully saturated rings. The molecule has 0 aliphatic carbocycles. The van der Waals surface area contributed by atoms with E-state index < -0.39 is 15.5 Å². The second-order valence-corrected chi connectivity index (χ2v) is 9.11. The Hall–Kier alpha value is -1.74. The average molecular weight is 455 g/mol. The number of halogens is 4. The lowest BCUT2D eigenvalue weighted by Gasteiger charge is -2.14. The molecular formula is C19H26ClF3N2O3S. The van der Waals surface area contributed by atoms with Gasteiger partial charge >= 0.3 is 15.5 Å². The van der Waals surface area contributed by atoms with Crippen molar-refractivity contribution in [2.45, 2.75) is 52.5 Å². The monoisotopic (exact) mass is 454 g/mol. The molecule has 1 atom stereocenters. The topological polar surface area (TPSA) is 67.8 Å². The SMILES string of the molecule is CC(C)=CCCC(C)CCON=C(C)c1cc(Cl)ccc1NS(=O)(=O)C(F)(F)F. The van der Waals surface area contributed by atoms with Gasteiger partial charge < -0.3 is 4.84 Å². The van der Waals surface area contributed by atoms with Gasteiger partial charge in [0.25, 0.3) is 0 Å². The van der Waals surface area contributed by atoms with Crippen molar-refractivity contribution in [1.29, 1.82) is 0 Å². The predicted octanol–water partition coefficient (Wildman–Crippen LogP) is 6.11. The van der Waals surface area contributed by atoms with Gasteiger partial charge in [-0.15, -0.1) is 0 Å². The van der Waals surface area contributed by atoms with Crippen molar-refractivity contribution in [1.82, 2.24) is 0 Å². The maximum atomic E-state index is 12.7. The maximum Gasteiger partial charge on any atom is 0.516 e. The molecule has 0 radical (unpaired) electrons. The van der Waals surface area contributed by atoms with Crippen LogP contribution in [0.25, 0.3) is 0 Å². The van der Waals surface area contributed by atoms with Gasteiger partial charge in [0.2, 0.25) is 0 Å². The summed E-state index contributed by atoms with van der Waals surface area (Å²) in [5.74, 6) is 0.418. The summed E-state index contributed by atoms with van der Waals surface area (Å²) in [7, 11) is -5.56. The first kappa shape index (κ1) is 25.3. The Bertz CT molecular complexity index is 849. The van der Waals surface area contributed by atoms with E-state index >= 15 is 0 Å². The van der Waals surface area contributed by atoms with E-state index in [0.717, 1.165) is 25.3 Å². The molecule has 1 aromatic carbocycles. The summed E-state index contributed by atoms with van der Waals surface area (Å²) in [4.78, 5) is 5.27. The first-order valence-corrected chi connectivity index (χ1v) is 10.9. The minimum Gasteiger partial charge on any atom is -0.396 e. The van der Waals surface area contributed by atoms with Crippen LogP contribution in [0.3, 0.4) is 0 Å². The van der Waals surface area contributed by atoms with Gasteiger partial charge in [-0.3, -0.25) is 4.72 Å². The molecule has 0 aliphatic rings. The van der Waals surface area contributed by atoms with Crippen molar-refractivity contribution >= 4 is 33.0 Å². The molecule has 1 unspecified atom stereocenters. The quantitative estimate of drug-likeness (QED) is 0.200. The van der Waals surface area contributed by atoms with Crippen molar-refractivity contribution in [3.63, 3.8) is 0 Å². The number of alkyl halides is 3. The number of oxime groups is 1. The Labute approximate surface area is 175 Å². The molecule has 10 heteroatoms. The Balaban J connectivity index is 2.79. The molecule has 29 heavy (non-hydrogen) atoms. The van der Waals surface area contributed by atoms with Crippen LogP contribution in [0.4, 0.5) is 18.9 Å². The highest BCUT2D eigenvalue weighted by molar-refractivity contribution is 7.93. The van der Waals surface area contributed by atoms with Crippen LogP contribution in [-0.2, 0) is 14.9 Å². The van der Waals surface area contributed by atoms with Crippen LogP contribution >= 0.6 is 11.6 Å². The molecule has 0 amide bonds. The van der Waals surface area contributed by atoms with Gasteiger partial charge in [0.05, 0.1) is 11.4 Å². The fourth-order valence-corrected chi connectivity index (χ4v) is 3.11. The van der Waals surface area contributed by atoms with Crippen molar-refractivity contribution in [3.8, 4) is 0 Å². The van der Waals surface area contributed by atoms with Crippen LogP contribution in [0.2, 0.25) is 5.02 Å². The van der Waals surface area contributed by atoms with Crippen LogP contribution in [0.5, 0.6) is 0 Å². The van der Waals surface area contributed by atoms with Gasteiger partial charge in [-0.05, 0) is 64.2 Å². The summed E-state index contributed by atoms with van der Waals surface area (Å²) in [6, 6.07) is 3.74. The van der Waals surface area contributed by atoms with E-state index in [0.29, 0.717) is 12.5 Å². The highest BCUT2D eigenvalue weighted by atomic mass is 35.5. The highest BCUT2D eigenvalue weighted by Gasteiger charge is 2.46. The second-order valence-electron chi connectivity index (χ2n) is 7.00. The van der Waals surface area contributed by atoms with E-state index in [-0.39, 0.29) is 22.0 Å². The van der Waals surface area contributed by atoms with Gasteiger partial charge in [0, 0.05) is 10.6 Å². The molecule has 0 saturated heterocycles. The van der Waals surface area contributed by atoms with Gasteiger partial charge in [0.1, 0.15) is 6.61 Å². The zero-order valence-corrected chi connectivity index (χ0v) is 18.4. The number of sulfonamides is 1. The summed E-state index contributed by atoms with van der Waals surface area (Å²) in [5, 5.41) is 4.12. The van der Waals surface area contributed by atoms with Crippen LogP contribution in [0, 0.1) is 5.92 Å². The van der Waals surface area contributed by atoms with E-state index in [9.17, 15) is 21.6 Å². The van der Waals surface area contributed by atoms with Crippen LogP contribution in [0.1, 0.15) is 52.5 Å². The van der Waals surface area contributed by atoms with Crippen LogP contribution in [-0.4, -0.2) is 26.2 Å². The number of rotatable bonds is 10. The fourth-order valence-electron chi connectivity index (χ4n) is 2.35. The number of hydrogen-bond acceptors (Lipinski definition) is 4. The smallest absolute Gasteiger partial charge is 0.396 e. The molecular weight excluding hydrogens is 429 g/mol. The Morgan fingerprint density at radius 1 is 1.28 bits per heavy atom. The molecule has 5 nitrogen and oxygen atoms in total. The molecule has 1 rings (SSSR count). The standard InChI is InChI=1S/C19H26ClF3N2O3S/c1-13(2)6-5-7-14(3)10-11-28-24-15(4)17-12-16(20)8-9-18(17)25-29(26,27)19(21,22)23/h6,8-9,12,14,25H,5,7,10-11H2,1-4H3. The first-order valence-electron chi connectivity index (χ1n) is 9.02. The number of nitrogens with one attached hydrogen (secondary N) is 1. The van der Waals surface area contributed by atoms with Crippen LogP contribution < -0.4 is 4.72 Å². The molecule has 0 bridgehead atoms. The third-order valence-corrected chi connectivity index (χ3v) is 5.37. The average Bonchev–Trinajstić information content (AvgIpc) is 2.58. The summed E-state index contributed by atoms with van der Waals surface area (Å²) in [6.45, 7) is 8.01. The van der Waals surface area contributed by atoms with Gasteiger partial charge in [-0.1, -0.05) is 35.3 Å². The molecule has 0 saturated carbocycles. The van der Waals surface area contributed by atoms with E-state index in [4.69, 9.17) is 16.4 Å². The number of allylic oxidation sites excluding steroid dienone is 2. The molecule has 0 aromatic heterocycles.